The molecule has 0 aromatic carbocycles. The van der Waals surface area contributed by atoms with Crippen molar-refractivity contribution in [2.24, 2.45) is 0 Å². The summed E-state index contributed by atoms with van der Waals surface area (Å²) in [4.78, 5) is 11.3. The van der Waals surface area contributed by atoms with Crippen LogP contribution in [0.2, 0.25) is 0 Å². The molecule has 0 fully saturated rings. The molecule has 0 spiro atoms. The molecule has 0 aromatic heterocycles. The lowest BCUT2D eigenvalue weighted by molar-refractivity contribution is -0.139. The van der Waals surface area contributed by atoms with Gasteiger partial charge in [-0.05, 0) is 19.8 Å². The van der Waals surface area contributed by atoms with E-state index in [0.717, 1.165) is 25.7 Å². The van der Waals surface area contributed by atoms with E-state index in [1.165, 1.54) is 12.8 Å². The number of carboxylic acids is 1. The van der Waals surface area contributed by atoms with E-state index in [4.69, 9.17) is 0 Å². The molecule has 0 bridgehead atoms. The molecule has 0 aromatic rings. The quantitative estimate of drug-likeness (QED) is 0.615. The number of carboxylic acid groups (broad SMARTS) is 1. The number of carbonyl (C=O) groups is 1. The van der Waals surface area contributed by atoms with E-state index >= 15 is 0 Å². The van der Waals surface area contributed by atoms with Gasteiger partial charge in [0.1, 0.15) is 4.75 Å². The van der Waals surface area contributed by atoms with Crippen LogP contribution >= 0.6 is 11.8 Å². The molecule has 0 aliphatic rings. The minimum absolute atomic E-state index is 0.423. The van der Waals surface area contributed by atoms with Crippen LogP contribution < -0.4 is 0 Å². The van der Waals surface area contributed by atoms with Gasteiger partial charge < -0.3 is 5.11 Å². The van der Waals surface area contributed by atoms with Crippen molar-refractivity contribution in [3.8, 4) is 0 Å². The molecule has 1 N–H and O–H groups in total. The highest BCUT2D eigenvalue weighted by Crippen LogP contribution is 2.35. The van der Waals surface area contributed by atoms with Crippen molar-refractivity contribution in [1.29, 1.82) is 0 Å². The van der Waals surface area contributed by atoms with Crippen molar-refractivity contribution in [2.75, 3.05) is 0 Å². The van der Waals surface area contributed by atoms with Crippen LogP contribution in [-0.2, 0) is 4.79 Å². The summed E-state index contributed by atoms with van der Waals surface area (Å²) >= 11 is 1.61. The monoisotopic (exact) mass is 246 g/mol. The lowest BCUT2D eigenvalue weighted by atomic mass is 10.0. The van der Waals surface area contributed by atoms with E-state index in [1.807, 2.05) is 6.92 Å². The van der Waals surface area contributed by atoms with Gasteiger partial charge in [-0.3, -0.25) is 4.79 Å². The Morgan fingerprint density at radius 3 is 2.38 bits per heavy atom. The van der Waals surface area contributed by atoms with Crippen molar-refractivity contribution in [1.82, 2.24) is 0 Å². The van der Waals surface area contributed by atoms with E-state index in [0.29, 0.717) is 5.25 Å². The summed E-state index contributed by atoms with van der Waals surface area (Å²) in [6.45, 7) is 8.26. The molecular formula is C13H26O2S. The van der Waals surface area contributed by atoms with Gasteiger partial charge in [0, 0.05) is 5.25 Å². The van der Waals surface area contributed by atoms with E-state index in [1.54, 1.807) is 11.8 Å². The normalized spacial score (nSPS) is 16.8. The maximum absolute atomic E-state index is 11.3. The average molecular weight is 246 g/mol. The summed E-state index contributed by atoms with van der Waals surface area (Å²) in [6.07, 6.45) is 6.41. The largest absolute Gasteiger partial charge is 0.480 e. The minimum Gasteiger partial charge on any atom is -0.480 e. The molecule has 2 nitrogen and oxygen atoms in total. The molecule has 0 amide bonds. The zero-order valence-corrected chi connectivity index (χ0v) is 11.9. The maximum atomic E-state index is 11.3. The molecule has 16 heavy (non-hydrogen) atoms. The molecule has 2 atom stereocenters. The fourth-order valence-corrected chi connectivity index (χ4v) is 3.05. The molecule has 3 heteroatoms. The molecule has 0 aliphatic heterocycles. The lowest BCUT2D eigenvalue weighted by Gasteiger charge is -2.27. The third-order valence-corrected chi connectivity index (χ3v) is 4.63. The van der Waals surface area contributed by atoms with Gasteiger partial charge in [0.05, 0.1) is 0 Å². The molecule has 0 saturated heterocycles. The summed E-state index contributed by atoms with van der Waals surface area (Å²) in [5.41, 5.74) is 0. The number of thioether (sulfide) groups is 1. The zero-order chi connectivity index (χ0) is 12.6. The van der Waals surface area contributed by atoms with Gasteiger partial charge >= 0.3 is 5.97 Å². The second-order valence-electron chi connectivity index (χ2n) is 4.68. The Hall–Kier alpha value is -0.180. The second kappa shape index (κ2) is 7.99. The Kier molecular flexibility index (Phi) is 7.90. The first kappa shape index (κ1) is 15.8. The summed E-state index contributed by atoms with van der Waals surface area (Å²) in [7, 11) is 0. The Labute approximate surface area is 104 Å². The van der Waals surface area contributed by atoms with E-state index in [2.05, 4.69) is 20.8 Å². The Bertz CT molecular complexity index is 206. The van der Waals surface area contributed by atoms with Crippen LogP contribution in [0.3, 0.4) is 0 Å². The van der Waals surface area contributed by atoms with Gasteiger partial charge in [0.15, 0.2) is 0 Å². The molecule has 0 rings (SSSR count). The van der Waals surface area contributed by atoms with E-state index < -0.39 is 10.7 Å². The summed E-state index contributed by atoms with van der Waals surface area (Å²) in [6, 6.07) is 0. The highest BCUT2D eigenvalue weighted by atomic mass is 32.2. The van der Waals surface area contributed by atoms with Gasteiger partial charge in [-0.15, -0.1) is 11.8 Å². The number of hydrogen-bond donors (Lipinski definition) is 1. The standard InChI is InChI=1S/C13H26O2S/c1-5-7-8-9-10-13(4,12(14)15)16-11(3)6-2/h11H,5-10H2,1-4H3,(H,14,15). The van der Waals surface area contributed by atoms with Crippen molar-refractivity contribution < 1.29 is 9.90 Å². The number of unbranched alkanes of at least 4 members (excludes halogenated alkanes) is 3. The molecule has 2 unspecified atom stereocenters. The van der Waals surface area contributed by atoms with Crippen LogP contribution in [0.25, 0.3) is 0 Å². The minimum atomic E-state index is -0.658. The van der Waals surface area contributed by atoms with Crippen molar-refractivity contribution in [2.45, 2.75) is 76.2 Å². The molecule has 0 heterocycles. The van der Waals surface area contributed by atoms with Crippen LogP contribution in [0.4, 0.5) is 0 Å². The molecule has 0 saturated carbocycles. The van der Waals surface area contributed by atoms with Crippen LogP contribution in [0.5, 0.6) is 0 Å². The number of aliphatic carboxylic acids is 1. The van der Waals surface area contributed by atoms with Gasteiger partial charge in [0.25, 0.3) is 0 Å². The predicted octanol–water partition coefficient (Wildman–Crippen LogP) is 4.33. The molecular weight excluding hydrogens is 220 g/mol. The number of hydrogen-bond acceptors (Lipinski definition) is 2. The summed E-state index contributed by atoms with van der Waals surface area (Å²) in [5, 5.41) is 9.74. The maximum Gasteiger partial charge on any atom is 0.319 e. The highest BCUT2D eigenvalue weighted by molar-refractivity contribution is 8.01. The van der Waals surface area contributed by atoms with E-state index in [9.17, 15) is 9.90 Å². The fourth-order valence-electron chi connectivity index (χ4n) is 1.63. The Morgan fingerprint density at radius 2 is 1.94 bits per heavy atom. The lowest BCUT2D eigenvalue weighted by Crippen LogP contribution is -2.33. The smallest absolute Gasteiger partial charge is 0.319 e. The van der Waals surface area contributed by atoms with Gasteiger partial charge in [-0.2, -0.15) is 0 Å². The molecule has 0 aliphatic carbocycles. The van der Waals surface area contributed by atoms with Gasteiger partial charge in [-0.1, -0.05) is 46.5 Å². The third-order valence-electron chi connectivity index (χ3n) is 3.00. The Balaban J connectivity index is 4.17. The first-order valence-electron chi connectivity index (χ1n) is 6.37. The Morgan fingerprint density at radius 1 is 1.31 bits per heavy atom. The second-order valence-corrected chi connectivity index (χ2v) is 6.62. The van der Waals surface area contributed by atoms with Crippen LogP contribution in [0, 0.1) is 0 Å². The van der Waals surface area contributed by atoms with Gasteiger partial charge in [0.2, 0.25) is 0 Å². The van der Waals surface area contributed by atoms with Crippen LogP contribution in [-0.4, -0.2) is 21.1 Å². The van der Waals surface area contributed by atoms with E-state index in [-0.39, 0.29) is 0 Å². The van der Waals surface area contributed by atoms with Crippen LogP contribution in [0.15, 0.2) is 0 Å². The zero-order valence-electron chi connectivity index (χ0n) is 11.1. The molecule has 0 radical (unpaired) electrons. The fraction of sp³-hybridized carbons (Fsp3) is 0.923. The summed E-state index contributed by atoms with van der Waals surface area (Å²) in [5.74, 6) is -0.658. The SMILES string of the molecule is CCCCCCC(C)(SC(C)CC)C(=O)O. The summed E-state index contributed by atoms with van der Waals surface area (Å²) < 4.78 is -0.594. The van der Waals surface area contributed by atoms with Crippen molar-refractivity contribution >= 4 is 17.7 Å². The highest BCUT2D eigenvalue weighted by Gasteiger charge is 2.34. The van der Waals surface area contributed by atoms with Gasteiger partial charge in [-0.25, -0.2) is 0 Å². The average Bonchev–Trinajstić information content (AvgIpc) is 2.24. The topological polar surface area (TPSA) is 37.3 Å². The van der Waals surface area contributed by atoms with Crippen LogP contribution in [0.1, 0.15) is 66.2 Å². The first-order valence-corrected chi connectivity index (χ1v) is 7.25. The number of rotatable bonds is 9. The van der Waals surface area contributed by atoms with Crippen molar-refractivity contribution in [3.05, 3.63) is 0 Å². The van der Waals surface area contributed by atoms with Crippen molar-refractivity contribution in [3.63, 3.8) is 0 Å². The molecule has 96 valence electrons. The first-order chi connectivity index (χ1) is 7.46. The predicted molar refractivity (Wildman–Crippen MR) is 72.1 cm³/mol. The third kappa shape index (κ3) is 5.78.